The van der Waals surface area contributed by atoms with Crippen LogP contribution in [-0.4, -0.2) is 13.5 Å². The molecule has 3 heteroatoms. The molecule has 2 nitrogen and oxygen atoms in total. The molecule has 0 N–H and O–H groups in total. The third-order valence-corrected chi connectivity index (χ3v) is 1.76. The van der Waals surface area contributed by atoms with Crippen molar-refractivity contribution >= 4 is 13.5 Å². The Balaban J connectivity index is 3.25. The fourth-order valence-corrected chi connectivity index (χ4v) is 0.961. The molecule has 0 aliphatic carbocycles. The molecule has 0 radical (unpaired) electrons. The van der Waals surface area contributed by atoms with Gasteiger partial charge in [0.05, 0.1) is 11.6 Å². The average Bonchev–Trinajstić information content (AvgIpc) is 2.05. The first-order valence-corrected chi connectivity index (χ1v) is 3.67. The van der Waals surface area contributed by atoms with Crippen LogP contribution in [-0.2, 0) is 0 Å². The Hall–Kier alpha value is -1.56. The molecule has 0 aliphatic heterocycles. The molecular weight excluding hydrogens is 149 g/mol. The number of benzene rings is 1. The standard InChI is InChI=1S/C9H8BNO/c1-6-2-3-7(9(10)12)4-8(6)5-11/h2-4H,10H2,1H3. The summed E-state index contributed by atoms with van der Waals surface area (Å²) in [6.45, 7) is 1.85. The van der Waals surface area contributed by atoms with Crippen molar-refractivity contribution in [1.82, 2.24) is 0 Å². The van der Waals surface area contributed by atoms with Crippen molar-refractivity contribution in [2.45, 2.75) is 6.92 Å². The number of carbonyl (C=O) groups excluding carboxylic acids is 1. The Bertz CT molecular complexity index is 365. The number of nitrogens with zero attached hydrogens (tertiary/aromatic N) is 1. The van der Waals surface area contributed by atoms with Crippen LogP contribution in [0.5, 0.6) is 0 Å². The molecule has 0 atom stereocenters. The summed E-state index contributed by atoms with van der Waals surface area (Å²) < 4.78 is 0. The molecule has 0 amide bonds. The van der Waals surface area contributed by atoms with Gasteiger partial charge in [0.25, 0.3) is 0 Å². The number of carbonyl (C=O) groups is 1. The van der Waals surface area contributed by atoms with Gasteiger partial charge >= 0.3 is 0 Å². The van der Waals surface area contributed by atoms with E-state index in [2.05, 4.69) is 0 Å². The summed E-state index contributed by atoms with van der Waals surface area (Å²) in [5.74, 6) is 0. The summed E-state index contributed by atoms with van der Waals surface area (Å²) >= 11 is 0. The minimum absolute atomic E-state index is 0.00787. The Morgan fingerprint density at radius 3 is 2.75 bits per heavy atom. The fraction of sp³-hybridized carbons (Fsp3) is 0.111. The van der Waals surface area contributed by atoms with Gasteiger partial charge in [-0.05, 0) is 18.6 Å². The third-order valence-electron chi connectivity index (χ3n) is 1.76. The molecule has 0 saturated carbocycles. The molecule has 12 heavy (non-hydrogen) atoms. The van der Waals surface area contributed by atoms with E-state index in [-0.39, 0.29) is 5.68 Å². The SMILES string of the molecule is BC(=O)c1ccc(C)c(C#N)c1. The second-order valence-electron chi connectivity index (χ2n) is 2.70. The third kappa shape index (κ3) is 1.54. The van der Waals surface area contributed by atoms with Crippen LogP contribution in [0.4, 0.5) is 0 Å². The molecule has 0 fully saturated rings. The zero-order chi connectivity index (χ0) is 9.14. The van der Waals surface area contributed by atoms with Crippen LogP contribution in [0.15, 0.2) is 18.2 Å². The molecular formula is C9H8BNO. The van der Waals surface area contributed by atoms with Gasteiger partial charge in [-0.15, -0.1) is 0 Å². The van der Waals surface area contributed by atoms with Gasteiger partial charge in [-0.25, -0.2) is 0 Å². The first kappa shape index (κ1) is 8.54. The average molecular weight is 157 g/mol. The predicted octanol–water partition coefficient (Wildman–Crippen LogP) is 0.640. The van der Waals surface area contributed by atoms with Gasteiger partial charge in [-0.1, -0.05) is 12.1 Å². The lowest BCUT2D eigenvalue weighted by Gasteiger charge is -1.98. The van der Waals surface area contributed by atoms with Crippen LogP contribution in [0.2, 0.25) is 0 Å². The van der Waals surface area contributed by atoms with Crippen molar-refractivity contribution in [2.24, 2.45) is 0 Å². The molecule has 1 aromatic carbocycles. The van der Waals surface area contributed by atoms with E-state index < -0.39 is 0 Å². The maximum atomic E-state index is 10.9. The molecule has 0 saturated heterocycles. The van der Waals surface area contributed by atoms with Crippen LogP contribution in [0, 0.1) is 18.3 Å². The van der Waals surface area contributed by atoms with Gasteiger partial charge in [-0.2, -0.15) is 5.26 Å². The highest BCUT2D eigenvalue weighted by Gasteiger charge is 2.01. The van der Waals surface area contributed by atoms with E-state index in [4.69, 9.17) is 5.26 Å². The van der Waals surface area contributed by atoms with Gasteiger partial charge in [0.2, 0.25) is 0 Å². The van der Waals surface area contributed by atoms with E-state index in [1.807, 2.05) is 13.0 Å². The lowest BCUT2D eigenvalue weighted by Crippen LogP contribution is -1.98. The number of rotatable bonds is 1. The Morgan fingerprint density at radius 2 is 2.25 bits per heavy atom. The van der Waals surface area contributed by atoms with E-state index in [9.17, 15) is 4.79 Å². The molecule has 0 aromatic heterocycles. The van der Waals surface area contributed by atoms with Crippen LogP contribution in [0.1, 0.15) is 21.5 Å². The van der Waals surface area contributed by atoms with Crippen LogP contribution in [0.3, 0.4) is 0 Å². The summed E-state index contributed by atoms with van der Waals surface area (Å²) in [6, 6.07) is 7.18. The summed E-state index contributed by atoms with van der Waals surface area (Å²) in [7, 11) is 1.49. The molecule has 0 aliphatic rings. The molecule has 1 aromatic rings. The number of nitriles is 1. The second-order valence-corrected chi connectivity index (χ2v) is 2.70. The van der Waals surface area contributed by atoms with Crippen LogP contribution >= 0.6 is 0 Å². The molecule has 0 heterocycles. The summed E-state index contributed by atoms with van der Waals surface area (Å²) in [6.07, 6.45) is 0. The molecule has 0 spiro atoms. The van der Waals surface area contributed by atoms with Crippen LogP contribution < -0.4 is 0 Å². The van der Waals surface area contributed by atoms with Crippen molar-refractivity contribution in [2.75, 3.05) is 0 Å². The Morgan fingerprint density at radius 1 is 1.58 bits per heavy atom. The quantitative estimate of drug-likeness (QED) is 0.561. The van der Waals surface area contributed by atoms with Crippen molar-refractivity contribution in [3.63, 3.8) is 0 Å². The van der Waals surface area contributed by atoms with Crippen molar-refractivity contribution < 1.29 is 4.79 Å². The Kier molecular flexibility index (Phi) is 2.30. The summed E-state index contributed by atoms with van der Waals surface area (Å²) in [4.78, 5) is 10.9. The van der Waals surface area contributed by atoms with Gasteiger partial charge in [-0.3, -0.25) is 0 Å². The van der Waals surface area contributed by atoms with E-state index in [1.54, 1.807) is 18.2 Å². The smallest absolute Gasteiger partial charge is 0.193 e. The zero-order valence-electron chi connectivity index (χ0n) is 7.09. The maximum absolute atomic E-state index is 10.9. The minimum Gasteiger partial charge on any atom is -0.307 e. The number of aryl methyl sites for hydroxylation is 1. The predicted molar refractivity (Wildman–Crippen MR) is 48.8 cm³/mol. The molecule has 58 valence electrons. The summed E-state index contributed by atoms with van der Waals surface area (Å²) in [5.41, 5.74) is 2.06. The second kappa shape index (κ2) is 3.23. The van der Waals surface area contributed by atoms with Gasteiger partial charge in [0.15, 0.2) is 7.85 Å². The zero-order valence-corrected chi connectivity index (χ0v) is 7.09. The molecule has 0 bridgehead atoms. The minimum atomic E-state index is -0.00787. The monoisotopic (exact) mass is 157 g/mol. The summed E-state index contributed by atoms with van der Waals surface area (Å²) in [5, 5.41) is 8.66. The first-order chi connectivity index (χ1) is 5.65. The molecule has 1 rings (SSSR count). The topological polar surface area (TPSA) is 40.9 Å². The lowest BCUT2D eigenvalue weighted by molar-refractivity contribution is 0.108. The number of hydrogen-bond donors (Lipinski definition) is 0. The molecule has 0 unspecified atom stereocenters. The van der Waals surface area contributed by atoms with Crippen molar-refractivity contribution in [3.05, 3.63) is 34.9 Å². The number of hydrogen-bond acceptors (Lipinski definition) is 2. The Labute approximate surface area is 72.2 Å². The van der Waals surface area contributed by atoms with Gasteiger partial charge < -0.3 is 4.79 Å². The lowest BCUT2D eigenvalue weighted by atomic mass is 9.92. The maximum Gasteiger partial charge on any atom is 0.193 e. The highest BCUT2D eigenvalue weighted by molar-refractivity contribution is 6.62. The van der Waals surface area contributed by atoms with Crippen molar-refractivity contribution in [3.8, 4) is 6.07 Å². The van der Waals surface area contributed by atoms with E-state index in [0.717, 1.165) is 5.56 Å². The highest BCUT2D eigenvalue weighted by Crippen LogP contribution is 2.09. The van der Waals surface area contributed by atoms with E-state index in [1.165, 1.54) is 7.85 Å². The van der Waals surface area contributed by atoms with Gasteiger partial charge in [0.1, 0.15) is 5.68 Å². The van der Waals surface area contributed by atoms with E-state index >= 15 is 0 Å². The van der Waals surface area contributed by atoms with Crippen molar-refractivity contribution in [1.29, 1.82) is 5.26 Å². The van der Waals surface area contributed by atoms with E-state index in [0.29, 0.717) is 11.1 Å². The largest absolute Gasteiger partial charge is 0.307 e. The first-order valence-electron chi connectivity index (χ1n) is 3.67. The van der Waals surface area contributed by atoms with Gasteiger partial charge in [0, 0.05) is 5.56 Å². The normalized spacial score (nSPS) is 9.00. The fourth-order valence-electron chi connectivity index (χ4n) is 0.961. The van der Waals surface area contributed by atoms with Crippen LogP contribution in [0.25, 0.3) is 0 Å². The highest BCUT2D eigenvalue weighted by atomic mass is 16.1.